The standard InChI is InChI=1S/C9H6F4O2/c10-5-1-6(11)8(13)9(7(5)12)15-3-4-2-14-4/h1,4H,2-3H2. The summed E-state index contributed by atoms with van der Waals surface area (Å²) in [5, 5.41) is 0. The number of ether oxygens (including phenoxy) is 2. The zero-order valence-electron chi connectivity index (χ0n) is 7.40. The molecule has 2 rings (SSSR count). The van der Waals surface area contributed by atoms with Crippen molar-refractivity contribution in [3.63, 3.8) is 0 Å². The summed E-state index contributed by atoms with van der Waals surface area (Å²) in [7, 11) is 0. The third-order valence-corrected chi connectivity index (χ3v) is 1.89. The minimum Gasteiger partial charge on any atom is -0.485 e. The van der Waals surface area contributed by atoms with Gasteiger partial charge in [0.15, 0.2) is 17.4 Å². The first-order chi connectivity index (χ1) is 7.09. The van der Waals surface area contributed by atoms with Gasteiger partial charge in [0.2, 0.25) is 11.6 Å². The molecule has 0 radical (unpaired) electrons. The van der Waals surface area contributed by atoms with Gasteiger partial charge in [-0.05, 0) is 0 Å². The summed E-state index contributed by atoms with van der Waals surface area (Å²) in [6.07, 6.45) is -0.255. The maximum atomic E-state index is 13.0. The molecule has 1 heterocycles. The maximum Gasteiger partial charge on any atom is 0.203 e. The third-order valence-electron chi connectivity index (χ3n) is 1.89. The van der Waals surface area contributed by atoms with Gasteiger partial charge in [0, 0.05) is 6.07 Å². The Morgan fingerprint density at radius 2 is 1.73 bits per heavy atom. The van der Waals surface area contributed by atoms with Crippen LogP contribution in [0.15, 0.2) is 6.07 Å². The molecule has 1 aromatic rings. The van der Waals surface area contributed by atoms with Crippen LogP contribution in [0.5, 0.6) is 5.75 Å². The summed E-state index contributed by atoms with van der Waals surface area (Å²) in [5.41, 5.74) is 0. The molecule has 1 aliphatic rings. The third kappa shape index (κ3) is 2.04. The van der Waals surface area contributed by atoms with Crippen LogP contribution in [-0.2, 0) is 4.74 Å². The molecule has 1 fully saturated rings. The second-order valence-electron chi connectivity index (χ2n) is 3.06. The molecule has 1 aliphatic heterocycles. The molecule has 1 unspecified atom stereocenters. The number of epoxide rings is 1. The van der Waals surface area contributed by atoms with Crippen molar-refractivity contribution in [3.05, 3.63) is 29.3 Å². The second kappa shape index (κ2) is 3.69. The molecule has 0 aromatic heterocycles. The van der Waals surface area contributed by atoms with Crippen molar-refractivity contribution in [1.29, 1.82) is 0 Å². The second-order valence-corrected chi connectivity index (χ2v) is 3.06. The van der Waals surface area contributed by atoms with Crippen LogP contribution in [0.1, 0.15) is 0 Å². The molecule has 0 saturated carbocycles. The Kier molecular flexibility index (Phi) is 2.52. The minimum atomic E-state index is -1.53. The lowest BCUT2D eigenvalue weighted by Gasteiger charge is -2.07. The molecule has 1 aromatic carbocycles. The summed E-state index contributed by atoms with van der Waals surface area (Å²) in [5.74, 6) is -7.08. The van der Waals surface area contributed by atoms with Crippen LogP contribution in [0.2, 0.25) is 0 Å². The van der Waals surface area contributed by atoms with Crippen molar-refractivity contribution in [2.24, 2.45) is 0 Å². The Hall–Kier alpha value is -1.30. The van der Waals surface area contributed by atoms with Gasteiger partial charge in [-0.3, -0.25) is 0 Å². The Labute approximate surface area is 82.4 Å². The first kappa shape index (κ1) is 10.2. The monoisotopic (exact) mass is 222 g/mol. The number of rotatable bonds is 3. The Morgan fingerprint density at radius 1 is 1.20 bits per heavy atom. The van der Waals surface area contributed by atoms with Gasteiger partial charge in [0.05, 0.1) is 6.61 Å². The average Bonchev–Trinajstić information content (AvgIpc) is 2.99. The fourth-order valence-electron chi connectivity index (χ4n) is 1.02. The quantitative estimate of drug-likeness (QED) is 0.443. The largest absolute Gasteiger partial charge is 0.485 e. The predicted octanol–water partition coefficient (Wildman–Crippen LogP) is 2.02. The van der Waals surface area contributed by atoms with E-state index in [1.807, 2.05) is 0 Å². The molecule has 0 aliphatic carbocycles. The highest BCUT2D eigenvalue weighted by Crippen LogP contribution is 2.27. The van der Waals surface area contributed by atoms with Gasteiger partial charge in [-0.15, -0.1) is 0 Å². The molecule has 2 nitrogen and oxygen atoms in total. The molecule has 15 heavy (non-hydrogen) atoms. The van der Waals surface area contributed by atoms with E-state index in [4.69, 9.17) is 4.74 Å². The minimum absolute atomic E-state index is 0.128. The number of halogens is 4. The van der Waals surface area contributed by atoms with Crippen LogP contribution in [0.3, 0.4) is 0 Å². The zero-order chi connectivity index (χ0) is 11.0. The van der Waals surface area contributed by atoms with Gasteiger partial charge >= 0.3 is 0 Å². The fraction of sp³-hybridized carbons (Fsp3) is 0.333. The van der Waals surface area contributed by atoms with Gasteiger partial charge in [-0.2, -0.15) is 8.78 Å². The SMILES string of the molecule is Fc1cc(F)c(F)c(OCC2CO2)c1F. The van der Waals surface area contributed by atoms with E-state index in [0.29, 0.717) is 6.61 Å². The van der Waals surface area contributed by atoms with E-state index in [1.165, 1.54) is 0 Å². The van der Waals surface area contributed by atoms with E-state index in [2.05, 4.69) is 4.74 Å². The van der Waals surface area contributed by atoms with Crippen LogP contribution in [0.4, 0.5) is 17.6 Å². The van der Waals surface area contributed by atoms with Crippen LogP contribution < -0.4 is 4.74 Å². The maximum absolute atomic E-state index is 13.0. The topological polar surface area (TPSA) is 21.8 Å². The highest BCUT2D eigenvalue weighted by molar-refractivity contribution is 5.28. The summed E-state index contributed by atoms with van der Waals surface area (Å²) >= 11 is 0. The molecule has 1 saturated heterocycles. The molecule has 0 N–H and O–H groups in total. The van der Waals surface area contributed by atoms with Crippen molar-refractivity contribution >= 4 is 0 Å². The molecule has 0 amide bonds. The average molecular weight is 222 g/mol. The Balaban J connectivity index is 2.25. The van der Waals surface area contributed by atoms with Gasteiger partial charge in [-0.25, -0.2) is 8.78 Å². The molecular weight excluding hydrogens is 216 g/mol. The fourth-order valence-corrected chi connectivity index (χ4v) is 1.02. The van der Waals surface area contributed by atoms with Crippen LogP contribution in [0, 0.1) is 23.3 Å². The molecule has 1 atom stereocenters. The van der Waals surface area contributed by atoms with E-state index in [9.17, 15) is 17.6 Å². The number of benzene rings is 1. The first-order valence-corrected chi connectivity index (χ1v) is 4.17. The molecule has 82 valence electrons. The predicted molar refractivity (Wildman–Crippen MR) is 41.5 cm³/mol. The number of hydrogen-bond acceptors (Lipinski definition) is 2. The van der Waals surface area contributed by atoms with E-state index in [1.54, 1.807) is 0 Å². The van der Waals surface area contributed by atoms with Crippen molar-refractivity contribution < 1.29 is 27.0 Å². The summed E-state index contributed by atoms with van der Waals surface area (Å²) in [4.78, 5) is 0. The summed E-state index contributed by atoms with van der Waals surface area (Å²) in [6, 6.07) is 0.130. The molecule has 0 spiro atoms. The van der Waals surface area contributed by atoms with Gasteiger partial charge in [-0.1, -0.05) is 0 Å². The van der Waals surface area contributed by atoms with E-state index >= 15 is 0 Å². The summed E-state index contributed by atoms with van der Waals surface area (Å²) < 4.78 is 60.6. The normalized spacial score (nSPS) is 19.1. The Bertz CT molecular complexity index is 364. The van der Waals surface area contributed by atoms with E-state index in [-0.39, 0.29) is 18.8 Å². The van der Waals surface area contributed by atoms with Crippen molar-refractivity contribution in [3.8, 4) is 5.75 Å². The number of hydrogen-bond donors (Lipinski definition) is 0. The highest BCUT2D eigenvalue weighted by Gasteiger charge is 2.26. The molecular formula is C9H6F4O2. The van der Waals surface area contributed by atoms with Crippen LogP contribution >= 0.6 is 0 Å². The lowest BCUT2D eigenvalue weighted by atomic mass is 10.3. The van der Waals surface area contributed by atoms with Crippen LogP contribution in [-0.4, -0.2) is 19.3 Å². The molecule has 6 heteroatoms. The van der Waals surface area contributed by atoms with E-state index < -0.39 is 29.0 Å². The molecule has 0 bridgehead atoms. The lowest BCUT2D eigenvalue weighted by Crippen LogP contribution is -2.09. The van der Waals surface area contributed by atoms with E-state index in [0.717, 1.165) is 0 Å². The lowest BCUT2D eigenvalue weighted by molar-refractivity contribution is 0.236. The van der Waals surface area contributed by atoms with Crippen molar-refractivity contribution in [1.82, 2.24) is 0 Å². The van der Waals surface area contributed by atoms with Gasteiger partial charge < -0.3 is 9.47 Å². The smallest absolute Gasteiger partial charge is 0.203 e. The van der Waals surface area contributed by atoms with Gasteiger partial charge in [0.25, 0.3) is 0 Å². The Morgan fingerprint density at radius 3 is 2.20 bits per heavy atom. The first-order valence-electron chi connectivity index (χ1n) is 4.17. The van der Waals surface area contributed by atoms with Gasteiger partial charge in [0.1, 0.15) is 12.7 Å². The summed E-state index contributed by atoms with van der Waals surface area (Å²) in [6.45, 7) is 0.289. The van der Waals surface area contributed by atoms with Crippen molar-refractivity contribution in [2.45, 2.75) is 6.10 Å². The highest BCUT2D eigenvalue weighted by atomic mass is 19.2. The zero-order valence-corrected chi connectivity index (χ0v) is 7.40. The van der Waals surface area contributed by atoms with Crippen LogP contribution in [0.25, 0.3) is 0 Å². The van der Waals surface area contributed by atoms with Crippen molar-refractivity contribution in [2.75, 3.05) is 13.2 Å².